The van der Waals surface area contributed by atoms with Gasteiger partial charge in [0.1, 0.15) is 0 Å². The number of carbonyl (C=O) groups excluding carboxylic acids is 1. The first kappa shape index (κ1) is 13.8. The molecule has 2 unspecified atom stereocenters. The third kappa shape index (κ3) is 3.22. The second-order valence-electron chi connectivity index (χ2n) is 5.22. The molecule has 1 amide bonds. The van der Waals surface area contributed by atoms with Crippen LogP contribution in [0, 0.1) is 5.92 Å². The van der Waals surface area contributed by atoms with Crippen LogP contribution in [0.25, 0.3) is 0 Å². The van der Waals surface area contributed by atoms with E-state index in [0.717, 1.165) is 39.0 Å². The van der Waals surface area contributed by atoms with E-state index in [1.165, 1.54) is 0 Å². The van der Waals surface area contributed by atoms with E-state index in [2.05, 4.69) is 4.90 Å². The van der Waals surface area contributed by atoms with Gasteiger partial charge in [0, 0.05) is 32.8 Å². The van der Waals surface area contributed by atoms with Crippen LogP contribution in [-0.4, -0.2) is 72.9 Å². The number of rotatable bonds is 3. The molecule has 2 fully saturated rings. The minimum atomic E-state index is 0.0504. The average molecular weight is 256 g/mol. The Balaban J connectivity index is 1.87. The summed E-state index contributed by atoms with van der Waals surface area (Å²) in [5.74, 6) is 0.306. The van der Waals surface area contributed by atoms with Crippen molar-refractivity contribution < 1.29 is 14.6 Å². The van der Waals surface area contributed by atoms with Crippen LogP contribution in [0.3, 0.4) is 0 Å². The molecule has 5 heteroatoms. The standard InChI is InChI=1S/C13H24N2O3/c1-11-12(3-10-18-11)13(17)15-5-2-4-14(6-7-15)8-9-16/h11-12,16H,2-10H2,1H3. The minimum absolute atomic E-state index is 0.0504. The SMILES string of the molecule is CC1OCCC1C(=O)N1CCCN(CCO)CC1. The summed E-state index contributed by atoms with van der Waals surface area (Å²) in [6.07, 6.45) is 1.92. The maximum absolute atomic E-state index is 12.4. The molecule has 0 aliphatic carbocycles. The number of β-amino-alcohol motifs (C(OH)–C–C–N with tert-alkyl or cyclic N) is 1. The molecule has 2 atom stereocenters. The number of ether oxygens (including phenoxy) is 1. The Bertz CT molecular complexity index is 285. The van der Waals surface area contributed by atoms with Gasteiger partial charge in [-0.1, -0.05) is 0 Å². The monoisotopic (exact) mass is 256 g/mol. The first-order valence-corrected chi connectivity index (χ1v) is 6.96. The highest BCUT2D eigenvalue weighted by molar-refractivity contribution is 5.79. The molecule has 0 aromatic rings. The van der Waals surface area contributed by atoms with E-state index in [9.17, 15) is 4.79 Å². The summed E-state index contributed by atoms with van der Waals surface area (Å²) in [7, 11) is 0. The molecule has 0 aromatic carbocycles. The zero-order valence-electron chi connectivity index (χ0n) is 11.2. The topological polar surface area (TPSA) is 53.0 Å². The molecule has 5 nitrogen and oxygen atoms in total. The summed E-state index contributed by atoms with van der Waals surface area (Å²) in [6, 6.07) is 0. The number of amides is 1. The van der Waals surface area contributed by atoms with Gasteiger partial charge in [-0.2, -0.15) is 0 Å². The van der Waals surface area contributed by atoms with Crippen molar-refractivity contribution in [2.45, 2.75) is 25.9 Å². The van der Waals surface area contributed by atoms with Crippen molar-refractivity contribution in [1.29, 1.82) is 0 Å². The maximum atomic E-state index is 12.4. The lowest BCUT2D eigenvalue weighted by Crippen LogP contribution is -2.41. The number of aliphatic hydroxyl groups excluding tert-OH is 1. The lowest BCUT2D eigenvalue weighted by Gasteiger charge is -2.25. The molecule has 1 N–H and O–H groups in total. The second kappa shape index (κ2) is 6.50. The number of carbonyl (C=O) groups is 1. The van der Waals surface area contributed by atoms with Gasteiger partial charge in [0.2, 0.25) is 5.91 Å². The Labute approximate surface area is 109 Å². The van der Waals surface area contributed by atoms with Gasteiger partial charge < -0.3 is 14.7 Å². The molecule has 2 aliphatic rings. The molecule has 18 heavy (non-hydrogen) atoms. The quantitative estimate of drug-likeness (QED) is 0.768. The molecule has 2 saturated heterocycles. The summed E-state index contributed by atoms with van der Waals surface area (Å²) in [4.78, 5) is 16.6. The van der Waals surface area contributed by atoms with Crippen molar-refractivity contribution in [3.05, 3.63) is 0 Å². The van der Waals surface area contributed by atoms with E-state index in [0.29, 0.717) is 13.2 Å². The van der Waals surface area contributed by atoms with Gasteiger partial charge in [-0.3, -0.25) is 9.69 Å². The Morgan fingerprint density at radius 2 is 2.17 bits per heavy atom. The van der Waals surface area contributed by atoms with Crippen LogP contribution in [0.15, 0.2) is 0 Å². The van der Waals surface area contributed by atoms with Crippen molar-refractivity contribution in [1.82, 2.24) is 9.80 Å². The fraction of sp³-hybridized carbons (Fsp3) is 0.923. The summed E-state index contributed by atoms with van der Waals surface area (Å²) in [6.45, 7) is 7.07. The lowest BCUT2D eigenvalue weighted by atomic mass is 10.0. The number of aliphatic hydroxyl groups is 1. The van der Waals surface area contributed by atoms with E-state index in [1.807, 2.05) is 11.8 Å². The zero-order valence-corrected chi connectivity index (χ0v) is 11.2. The molecule has 0 aromatic heterocycles. The highest BCUT2D eigenvalue weighted by Crippen LogP contribution is 2.23. The van der Waals surface area contributed by atoms with Crippen LogP contribution in [0.1, 0.15) is 19.8 Å². The fourth-order valence-electron chi connectivity index (χ4n) is 2.85. The van der Waals surface area contributed by atoms with Crippen molar-refractivity contribution >= 4 is 5.91 Å². The summed E-state index contributed by atoms with van der Waals surface area (Å²) < 4.78 is 5.48. The van der Waals surface area contributed by atoms with Gasteiger partial charge in [-0.25, -0.2) is 0 Å². The zero-order chi connectivity index (χ0) is 13.0. The first-order chi connectivity index (χ1) is 8.72. The highest BCUT2D eigenvalue weighted by Gasteiger charge is 2.34. The van der Waals surface area contributed by atoms with Crippen LogP contribution < -0.4 is 0 Å². The summed E-state index contributed by atoms with van der Waals surface area (Å²) in [5.41, 5.74) is 0. The molecular formula is C13H24N2O3. The third-order valence-electron chi connectivity index (χ3n) is 4.01. The third-order valence-corrected chi connectivity index (χ3v) is 4.01. The molecule has 2 aliphatic heterocycles. The predicted molar refractivity (Wildman–Crippen MR) is 68.2 cm³/mol. The van der Waals surface area contributed by atoms with Gasteiger partial charge in [0.15, 0.2) is 0 Å². The normalized spacial score (nSPS) is 30.4. The molecular weight excluding hydrogens is 232 g/mol. The maximum Gasteiger partial charge on any atom is 0.228 e. The van der Waals surface area contributed by atoms with E-state index in [-0.39, 0.29) is 24.5 Å². The van der Waals surface area contributed by atoms with E-state index >= 15 is 0 Å². The summed E-state index contributed by atoms with van der Waals surface area (Å²) >= 11 is 0. The molecule has 0 saturated carbocycles. The second-order valence-corrected chi connectivity index (χ2v) is 5.22. The Hall–Kier alpha value is -0.650. The van der Waals surface area contributed by atoms with Gasteiger partial charge >= 0.3 is 0 Å². The van der Waals surface area contributed by atoms with Gasteiger partial charge in [0.05, 0.1) is 18.6 Å². The van der Waals surface area contributed by atoms with Crippen molar-refractivity contribution in [3.8, 4) is 0 Å². The van der Waals surface area contributed by atoms with Crippen molar-refractivity contribution in [3.63, 3.8) is 0 Å². The van der Waals surface area contributed by atoms with E-state index in [1.54, 1.807) is 0 Å². The van der Waals surface area contributed by atoms with E-state index in [4.69, 9.17) is 9.84 Å². The Morgan fingerprint density at radius 3 is 2.83 bits per heavy atom. The molecule has 2 heterocycles. The predicted octanol–water partition coefficient (Wildman–Crippen LogP) is -0.0620. The molecule has 0 spiro atoms. The largest absolute Gasteiger partial charge is 0.395 e. The van der Waals surface area contributed by atoms with Crippen LogP contribution in [0.4, 0.5) is 0 Å². The number of hydrogen-bond donors (Lipinski definition) is 1. The van der Waals surface area contributed by atoms with E-state index < -0.39 is 0 Å². The number of nitrogens with zero attached hydrogens (tertiary/aromatic N) is 2. The molecule has 0 bridgehead atoms. The lowest BCUT2D eigenvalue weighted by molar-refractivity contribution is -0.136. The van der Waals surface area contributed by atoms with Crippen molar-refractivity contribution in [2.75, 3.05) is 45.9 Å². The van der Waals surface area contributed by atoms with Gasteiger partial charge in [-0.05, 0) is 26.3 Å². The average Bonchev–Trinajstić information content (AvgIpc) is 2.64. The van der Waals surface area contributed by atoms with Crippen LogP contribution in [-0.2, 0) is 9.53 Å². The Morgan fingerprint density at radius 1 is 1.33 bits per heavy atom. The van der Waals surface area contributed by atoms with Gasteiger partial charge in [-0.15, -0.1) is 0 Å². The molecule has 2 rings (SSSR count). The minimum Gasteiger partial charge on any atom is -0.395 e. The van der Waals surface area contributed by atoms with Crippen LogP contribution in [0.2, 0.25) is 0 Å². The van der Waals surface area contributed by atoms with Crippen LogP contribution in [0.5, 0.6) is 0 Å². The van der Waals surface area contributed by atoms with Gasteiger partial charge in [0.25, 0.3) is 0 Å². The smallest absolute Gasteiger partial charge is 0.228 e. The molecule has 0 radical (unpaired) electrons. The fourth-order valence-corrected chi connectivity index (χ4v) is 2.85. The van der Waals surface area contributed by atoms with Crippen LogP contribution >= 0.6 is 0 Å². The summed E-state index contributed by atoms with van der Waals surface area (Å²) in [5, 5.41) is 8.95. The Kier molecular flexibility index (Phi) is 4.97. The first-order valence-electron chi connectivity index (χ1n) is 6.96. The highest BCUT2D eigenvalue weighted by atomic mass is 16.5. The molecule has 104 valence electrons. The number of hydrogen-bond acceptors (Lipinski definition) is 4. The van der Waals surface area contributed by atoms with Crippen molar-refractivity contribution in [2.24, 2.45) is 5.92 Å².